The molecule has 3 rings (SSSR count). The van der Waals surface area contributed by atoms with Crippen molar-refractivity contribution >= 4 is 35.2 Å². The number of nitrogens with one attached hydrogen (secondary N) is 1. The molecule has 0 aliphatic heterocycles. The van der Waals surface area contributed by atoms with Crippen LogP contribution in [0.3, 0.4) is 0 Å². The van der Waals surface area contributed by atoms with Crippen molar-refractivity contribution < 1.29 is 14.3 Å². The van der Waals surface area contributed by atoms with E-state index in [0.29, 0.717) is 21.7 Å². The molecule has 1 amide bonds. The summed E-state index contributed by atoms with van der Waals surface area (Å²) in [5.41, 5.74) is 2.84. The van der Waals surface area contributed by atoms with Crippen LogP contribution in [0.5, 0.6) is 0 Å². The number of thioether (sulfide) groups is 1. The van der Waals surface area contributed by atoms with Gasteiger partial charge in [-0.1, -0.05) is 80.5 Å². The second-order valence-electron chi connectivity index (χ2n) is 8.06. The number of methoxy groups -OCH3 is 1. The first-order chi connectivity index (χ1) is 15.2. The van der Waals surface area contributed by atoms with E-state index in [1.807, 2.05) is 34.9 Å². The summed E-state index contributed by atoms with van der Waals surface area (Å²) in [4.78, 5) is 23.4. The van der Waals surface area contributed by atoms with Crippen LogP contribution in [0.25, 0.3) is 17.1 Å². The number of carbonyl (C=O) groups excluding carboxylic acids is 2. The number of ether oxygens (including phenoxy) is 1. The highest BCUT2D eigenvalue weighted by Crippen LogP contribution is 2.32. The second kappa shape index (κ2) is 10.2. The van der Waals surface area contributed by atoms with Crippen LogP contribution >= 0.6 is 23.4 Å². The summed E-state index contributed by atoms with van der Waals surface area (Å²) in [7, 11) is 1.27. The molecule has 9 heteroatoms. The average molecular weight is 473 g/mol. The van der Waals surface area contributed by atoms with E-state index in [1.54, 1.807) is 6.07 Å². The van der Waals surface area contributed by atoms with Gasteiger partial charge in [0.05, 0.1) is 23.6 Å². The Morgan fingerprint density at radius 1 is 1.09 bits per heavy atom. The molecular weight excluding hydrogens is 448 g/mol. The van der Waals surface area contributed by atoms with E-state index in [0.717, 1.165) is 5.56 Å². The first-order valence-corrected chi connectivity index (χ1v) is 11.3. The lowest BCUT2D eigenvalue weighted by Gasteiger charge is -2.19. The number of amides is 1. The van der Waals surface area contributed by atoms with Gasteiger partial charge in [-0.3, -0.25) is 14.2 Å². The predicted octanol–water partition coefficient (Wildman–Crippen LogP) is 4.27. The third kappa shape index (κ3) is 5.69. The average Bonchev–Trinajstić information content (AvgIpc) is 3.19. The Kier molecular flexibility index (Phi) is 7.58. The lowest BCUT2D eigenvalue weighted by molar-refractivity contribution is -0.140. The molecule has 0 fully saturated rings. The van der Waals surface area contributed by atoms with Crippen LogP contribution in [0.15, 0.2) is 53.7 Å². The second-order valence-corrected chi connectivity index (χ2v) is 9.41. The van der Waals surface area contributed by atoms with E-state index in [1.165, 1.54) is 24.4 Å². The molecule has 0 aliphatic rings. The molecule has 0 saturated carbocycles. The molecule has 168 valence electrons. The zero-order valence-electron chi connectivity index (χ0n) is 18.4. The van der Waals surface area contributed by atoms with Gasteiger partial charge in [0.2, 0.25) is 5.91 Å². The maximum atomic E-state index is 12.1. The van der Waals surface area contributed by atoms with E-state index < -0.39 is 5.97 Å². The summed E-state index contributed by atoms with van der Waals surface area (Å²) >= 11 is 7.69. The van der Waals surface area contributed by atoms with Crippen molar-refractivity contribution in [2.45, 2.75) is 31.3 Å². The number of carbonyl (C=O) groups is 2. The Morgan fingerprint density at radius 3 is 2.41 bits per heavy atom. The molecule has 7 nitrogen and oxygen atoms in total. The Labute approximate surface area is 196 Å². The molecule has 32 heavy (non-hydrogen) atoms. The van der Waals surface area contributed by atoms with Crippen molar-refractivity contribution in [3.63, 3.8) is 0 Å². The minimum Gasteiger partial charge on any atom is -0.468 e. The Hall–Kier alpha value is -2.84. The van der Waals surface area contributed by atoms with Crippen molar-refractivity contribution in [3.8, 4) is 17.1 Å². The minimum absolute atomic E-state index is 0.0352. The number of nitrogens with zero attached hydrogens (tertiary/aromatic N) is 3. The number of rotatable bonds is 7. The van der Waals surface area contributed by atoms with Gasteiger partial charge in [0.25, 0.3) is 0 Å². The number of para-hydroxylation sites is 1. The number of esters is 1. The van der Waals surface area contributed by atoms with Crippen LogP contribution in [0.2, 0.25) is 5.02 Å². The third-order valence-corrected chi connectivity index (χ3v) is 5.97. The maximum absolute atomic E-state index is 12.1. The van der Waals surface area contributed by atoms with Crippen LogP contribution < -0.4 is 5.32 Å². The largest absolute Gasteiger partial charge is 0.468 e. The van der Waals surface area contributed by atoms with Crippen molar-refractivity contribution in [1.29, 1.82) is 0 Å². The topological polar surface area (TPSA) is 86.1 Å². The molecule has 0 bridgehead atoms. The molecule has 0 spiro atoms. The number of halogens is 1. The van der Waals surface area contributed by atoms with Crippen molar-refractivity contribution in [3.05, 3.63) is 59.1 Å². The van der Waals surface area contributed by atoms with Crippen molar-refractivity contribution in [1.82, 2.24) is 20.1 Å². The quantitative estimate of drug-likeness (QED) is 0.408. The van der Waals surface area contributed by atoms with Gasteiger partial charge in [0.1, 0.15) is 6.54 Å². The van der Waals surface area contributed by atoms with Gasteiger partial charge in [0.15, 0.2) is 11.0 Å². The van der Waals surface area contributed by atoms with E-state index >= 15 is 0 Å². The lowest BCUT2D eigenvalue weighted by Crippen LogP contribution is -2.31. The van der Waals surface area contributed by atoms with Crippen LogP contribution in [-0.4, -0.2) is 46.0 Å². The molecule has 2 aromatic carbocycles. The van der Waals surface area contributed by atoms with Gasteiger partial charge in [-0.2, -0.15) is 0 Å². The van der Waals surface area contributed by atoms with Crippen molar-refractivity contribution in [2.24, 2.45) is 0 Å². The standard InChI is InChI=1S/C23H25ClN4O3S/c1-23(2,3)16-11-9-15(10-12-16)21-26-27-22(28(21)18-8-6-5-7-17(18)24)32-14-19(29)25-13-20(30)31-4/h5-12H,13-14H2,1-4H3,(H,25,29). The number of benzene rings is 2. The van der Waals surface area contributed by atoms with Crippen LogP contribution in [0.1, 0.15) is 26.3 Å². The Bertz CT molecular complexity index is 1110. The molecule has 1 aromatic heterocycles. The van der Waals surface area contributed by atoms with E-state index in [-0.39, 0.29) is 23.6 Å². The van der Waals surface area contributed by atoms with Crippen molar-refractivity contribution in [2.75, 3.05) is 19.4 Å². The highest BCUT2D eigenvalue weighted by Gasteiger charge is 2.20. The number of aromatic nitrogens is 3. The fourth-order valence-corrected chi connectivity index (χ4v) is 3.94. The first kappa shape index (κ1) is 23.8. The molecule has 0 aliphatic carbocycles. The summed E-state index contributed by atoms with van der Waals surface area (Å²) in [5.74, 6) is -0.146. The Morgan fingerprint density at radius 2 is 1.78 bits per heavy atom. The smallest absolute Gasteiger partial charge is 0.325 e. The van der Waals surface area contributed by atoms with Crippen LogP contribution in [-0.2, 0) is 19.7 Å². The summed E-state index contributed by atoms with van der Waals surface area (Å²) < 4.78 is 6.37. The third-order valence-electron chi connectivity index (χ3n) is 4.73. The van der Waals surface area contributed by atoms with Gasteiger partial charge < -0.3 is 10.1 Å². The molecule has 1 N–H and O–H groups in total. The summed E-state index contributed by atoms with van der Waals surface area (Å²) in [6.07, 6.45) is 0. The van der Waals surface area contributed by atoms with Crippen LogP contribution in [0.4, 0.5) is 0 Å². The lowest BCUT2D eigenvalue weighted by atomic mass is 9.87. The highest BCUT2D eigenvalue weighted by molar-refractivity contribution is 7.99. The fraction of sp³-hybridized carbons (Fsp3) is 0.304. The van der Waals surface area contributed by atoms with Crippen LogP contribution in [0, 0.1) is 0 Å². The normalized spacial score (nSPS) is 11.3. The SMILES string of the molecule is COC(=O)CNC(=O)CSc1nnc(-c2ccc(C(C)(C)C)cc2)n1-c1ccccc1Cl. The van der Waals surface area contributed by atoms with E-state index in [4.69, 9.17) is 11.6 Å². The zero-order valence-corrected chi connectivity index (χ0v) is 20.0. The summed E-state index contributed by atoms with van der Waals surface area (Å²) in [5, 5.41) is 12.3. The molecule has 3 aromatic rings. The molecule has 0 saturated heterocycles. The van der Waals surface area contributed by atoms with Gasteiger partial charge >= 0.3 is 5.97 Å². The summed E-state index contributed by atoms with van der Waals surface area (Å²) in [6, 6.07) is 15.6. The Balaban J connectivity index is 1.92. The van der Waals surface area contributed by atoms with E-state index in [2.05, 4.69) is 53.2 Å². The molecule has 0 unspecified atom stereocenters. The molecule has 0 atom stereocenters. The van der Waals surface area contributed by atoms with E-state index in [9.17, 15) is 9.59 Å². The number of hydrogen-bond acceptors (Lipinski definition) is 6. The first-order valence-electron chi connectivity index (χ1n) is 9.98. The summed E-state index contributed by atoms with van der Waals surface area (Å²) in [6.45, 7) is 6.30. The molecule has 1 heterocycles. The van der Waals surface area contributed by atoms with Gasteiger partial charge in [-0.25, -0.2) is 0 Å². The van der Waals surface area contributed by atoms with Gasteiger partial charge in [-0.15, -0.1) is 10.2 Å². The monoisotopic (exact) mass is 472 g/mol. The minimum atomic E-state index is -0.511. The zero-order chi connectivity index (χ0) is 23.3. The molecule has 0 radical (unpaired) electrons. The predicted molar refractivity (Wildman–Crippen MR) is 126 cm³/mol. The highest BCUT2D eigenvalue weighted by atomic mass is 35.5. The fourth-order valence-electron chi connectivity index (χ4n) is 2.94. The van der Waals surface area contributed by atoms with Gasteiger partial charge in [0, 0.05) is 5.56 Å². The number of hydrogen-bond donors (Lipinski definition) is 1. The molecular formula is C23H25ClN4O3S. The maximum Gasteiger partial charge on any atom is 0.325 e. The van der Waals surface area contributed by atoms with Gasteiger partial charge in [-0.05, 0) is 23.1 Å².